The molecule has 2 rings (SSSR count). The molecule has 1 aromatic heterocycles. The topological polar surface area (TPSA) is 61.0 Å². The third-order valence-electron chi connectivity index (χ3n) is 2.62. The maximum absolute atomic E-state index is 11.6. The van der Waals surface area contributed by atoms with E-state index < -0.39 is 0 Å². The van der Waals surface area contributed by atoms with Crippen molar-refractivity contribution in [2.75, 3.05) is 19.0 Å². The van der Waals surface area contributed by atoms with Crippen LogP contribution in [0.1, 0.15) is 16.2 Å². The number of H-pyrrole nitrogens is 1. The smallest absolute Gasteiger partial charge is 0.287 e. The van der Waals surface area contributed by atoms with Crippen LogP contribution in [0.2, 0.25) is 0 Å². The van der Waals surface area contributed by atoms with Crippen molar-refractivity contribution < 1.29 is 4.79 Å². The van der Waals surface area contributed by atoms with Crippen molar-refractivity contribution in [1.29, 1.82) is 0 Å². The average Bonchev–Trinajstić information content (AvgIpc) is 2.90. The highest BCUT2D eigenvalue weighted by Crippen LogP contribution is 2.11. The minimum Gasteiger partial charge on any atom is -0.378 e. The molecule has 0 aliphatic rings. The van der Waals surface area contributed by atoms with E-state index >= 15 is 0 Å². The highest BCUT2D eigenvalue weighted by atomic mass is 16.2. The lowest BCUT2D eigenvalue weighted by Crippen LogP contribution is -2.23. The van der Waals surface area contributed by atoms with Gasteiger partial charge in [0.2, 0.25) is 0 Å². The molecule has 1 aromatic carbocycles. The molecule has 0 atom stereocenters. The van der Waals surface area contributed by atoms with E-state index in [0.717, 1.165) is 11.3 Å². The molecule has 0 aliphatic heterocycles. The molecular weight excluding hydrogens is 228 g/mol. The van der Waals surface area contributed by atoms with E-state index in [1.807, 2.05) is 43.3 Å². The van der Waals surface area contributed by atoms with Crippen LogP contribution < -0.4 is 10.2 Å². The fourth-order valence-electron chi connectivity index (χ4n) is 1.57. The minimum absolute atomic E-state index is 0.198. The molecule has 0 spiro atoms. The first-order chi connectivity index (χ1) is 8.66. The quantitative estimate of drug-likeness (QED) is 0.854. The molecule has 0 saturated carbocycles. The second-order valence-electron chi connectivity index (χ2n) is 4.18. The summed E-state index contributed by atoms with van der Waals surface area (Å²) in [5, 5.41) is 2.80. The van der Waals surface area contributed by atoms with Gasteiger partial charge in [-0.05, 0) is 17.7 Å². The van der Waals surface area contributed by atoms with Gasteiger partial charge in [-0.25, -0.2) is 4.98 Å². The van der Waals surface area contributed by atoms with Crippen molar-refractivity contribution in [3.63, 3.8) is 0 Å². The largest absolute Gasteiger partial charge is 0.378 e. The Labute approximate surface area is 106 Å². The van der Waals surface area contributed by atoms with Crippen LogP contribution in [0.5, 0.6) is 0 Å². The molecule has 1 amide bonds. The molecule has 5 nitrogen and oxygen atoms in total. The number of nitrogens with zero attached hydrogens (tertiary/aromatic N) is 2. The molecule has 0 radical (unpaired) electrons. The third-order valence-corrected chi connectivity index (χ3v) is 2.62. The molecule has 1 heterocycles. The summed E-state index contributed by atoms with van der Waals surface area (Å²) < 4.78 is 0. The van der Waals surface area contributed by atoms with E-state index in [0.29, 0.717) is 12.4 Å². The highest BCUT2D eigenvalue weighted by Gasteiger charge is 2.06. The summed E-state index contributed by atoms with van der Waals surface area (Å²) in [4.78, 5) is 20.3. The Balaban J connectivity index is 1.92. The molecule has 2 N–H and O–H groups in total. The van der Waals surface area contributed by atoms with E-state index in [9.17, 15) is 4.79 Å². The third kappa shape index (κ3) is 2.88. The summed E-state index contributed by atoms with van der Waals surface area (Å²) >= 11 is 0. The fourth-order valence-corrected chi connectivity index (χ4v) is 1.57. The van der Waals surface area contributed by atoms with Crippen molar-refractivity contribution >= 4 is 11.6 Å². The number of hydrogen-bond acceptors (Lipinski definition) is 3. The number of benzene rings is 1. The van der Waals surface area contributed by atoms with Crippen molar-refractivity contribution in [3.8, 4) is 0 Å². The number of anilines is 1. The predicted molar refractivity (Wildman–Crippen MR) is 70.5 cm³/mol. The van der Waals surface area contributed by atoms with E-state index in [-0.39, 0.29) is 5.91 Å². The van der Waals surface area contributed by atoms with Crippen LogP contribution in [-0.4, -0.2) is 30.0 Å². The first-order valence-electron chi connectivity index (χ1n) is 5.70. The van der Waals surface area contributed by atoms with E-state index in [4.69, 9.17) is 0 Å². The number of nitrogens with one attached hydrogen (secondary N) is 2. The number of imidazole rings is 1. The molecule has 0 saturated heterocycles. The Hall–Kier alpha value is -2.30. The van der Waals surface area contributed by atoms with Gasteiger partial charge < -0.3 is 15.2 Å². The van der Waals surface area contributed by atoms with Gasteiger partial charge in [0.15, 0.2) is 5.82 Å². The van der Waals surface area contributed by atoms with Gasteiger partial charge in [-0.3, -0.25) is 4.79 Å². The van der Waals surface area contributed by atoms with E-state index in [2.05, 4.69) is 15.3 Å². The minimum atomic E-state index is -0.198. The van der Waals surface area contributed by atoms with Crippen molar-refractivity contribution in [3.05, 3.63) is 48.0 Å². The first-order valence-corrected chi connectivity index (χ1v) is 5.70. The van der Waals surface area contributed by atoms with E-state index in [1.54, 1.807) is 12.4 Å². The van der Waals surface area contributed by atoms with Gasteiger partial charge in [0.05, 0.1) is 0 Å². The Bertz CT molecular complexity index is 502. The van der Waals surface area contributed by atoms with Gasteiger partial charge in [-0.1, -0.05) is 12.1 Å². The lowest BCUT2D eigenvalue weighted by Gasteiger charge is -2.12. The van der Waals surface area contributed by atoms with Crippen LogP contribution in [-0.2, 0) is 6.54 Å². The second kappa shape index (κ2) is 5.35. The van der Waals surface area contributed by atoms with Gasteiger partial charge in [0.25, 0.3) is 5.91 Å². The Kier molecular flexibility index (Phi) is 3.62. The van der Waals surface area contributed by atoms with Crippen LogP contribution in [0.3, 0.4) is 0 Å². The molecular formula is C13H16N4O. The predicted octanol–water partition coefficient (Wildman–Crippen LogP) is 1.41. The fraction of sp³-hybridized carbons (Fsp3) is 0.231. The lowest BCUT2D eigenvalue weighted by atomic mass is 10.2. The molecule has 0 bridgehead atoms. The van der Waals surface area contributed by atoms with Gasteiger partial charge in [-0.15, -0.1) is 0 Å². The zero-order valence-corrected chi connectivity index (χ0v) is 10.5. The number of carbonyl (C=O) groups excluding carboxylic acids is 1. The molecule has 0 unspecified atom stereocenters. The van der Waals surface area contributed by atoms with Crippen LogP contribution in [0.25, 0.3) is 0 Å². The van der Waals surface area contributed by atoms with Gasteiger partial charge in [-0.2, -0.15) is 0 Å². The van der Waals surface area contributed by atoms with Crippen LogP contribution >= 0.6 is 0 Å². The van der Waals surface area contributed by atoms with Gasteiger partial charge >= 0.3 is 0 Å². The highest BCUT2D eigenvalue weighted by molar-refractivity contribution is 5.90. The monoisotopic (exact) mass is 244 g/mol. The van der Waals surface area contributed by atoms with Crippen molar-refractivity contribution in [2.24, 2.45) is 0 Å². The van der Waals surface area contributed by atoms with Crippen LogP contribution in [0, 0.1) is 0 Å². The Morgan fingerprint density at radius 2 is 2.06 bits per heavy atom. The first kappa shape index (κ1) is 12.2. The molecule has 18 heavy (non-hydrogen) atoms. The molecule has 0 fully saturated rings. The molecule has 94 valence electrons. The summed E-state index contributed by atoms with van der Waals surface area (Å²) in [6.07, 6.45) is 3.18. The number of carbonyl (C=O) groups is 1. The molecule has 5 heteroatoms. The van der Waals surface area contributed by atoms with E-state index in [1.165, 1.54) is 0 Å². The second-order valence-corrected chi connectivity index (χ2v) is 4.18. The molecule has 2 aromatic rings. The number of aromatic amines is 1. The average molecular weight is 244 g/mol. The van der Waals surface area contributed by atoms with Gasteiger partial charge in [0, 0.05) is 38.7 Å². The summed E-state index contributed by atoms with van der Waals surface area (Å²) in [5.41, 5.74) is 2.19. The number of rotatable bonds is 4. The zero-order chi connectivity index (χ0) is 13.0. The summed E-state index contributed by atoms with van der Waals surface area (Å²) in [6.45, 7) is 0.493. The van der Waals surface area contributed by atoms with Crippen LogP contribution in [0.15, 0.2) is 36.7 Å². The summed E-state index contributed by atoms with van der Waals surface area (Å²) in [7, 11) is 3.99. The van der Waals surface area contributed by atoms with Crippen molar-refractivity contribution in [1.82, 2.24) is 15.3 Å². The number of amides is 1. The van der Waals surface area contributed by atoms with Crippen molar-refractivity contribution in [2.45, 2.75) is 6.54 Å². The number of hydrogen-bond donors (Lipinski definition) is 2. The van der Waals surface area contributed by atoms with Crippen LogP contribution in [0.4, 0.5) is 5.69 Å². The Morgan fingerprint density at radius 3 is 2.61 bits per heavy atom. The SMILES string of the molecule is CN(C)c1ccc(CNC(=O)c2ncc[nH]2)cc1. The molecule has 0 aliphatic carbocycles. The zero-order valence-electron chi connectivity index (χ0n) is 10.5. The standard InChI is InChI=1S/C13H16N4O/c1-17(2)11-5-3-10(4-6-11)9-16-13(18)12-14-7-8-15-12/h3-8H,9H2,1-2H3,(H,14,15)(H,16,18). The summed E-state index contributed by atoms with van der Waals surface area (Å²) in [5.74, 6) is 0.136. The summed E-state index contributed by atoms with van der Waals surface area (Å²) in [6, 6.07) is 8.04. The number of aromatic nitrogens is 2. The Morgan fingerprint density at radius 1 is 1.33 bits per heavy atom. The van der Waals surface area contributed by atoms with Gasteiger partial charge in [0.1, 0.15) is 0 Å². The normalized spacial score (nSPS) is 10.1. The maximum Gasteiger partial charge on any atom is 0.287 e. The lowest BCUT2D eigenvalue weighted by molar-refractivity contribution is 0.0941. The maximum atomic E-state index is 11.6.